The summed E-state index contributed by atoms with van der Waals surface area (Å²) >= 11 is 2.04. The highest BCUT2D eigenvalue weighted by Crippen LogP contribution is 2.29. The van der Waals surface area contributed by atoms with Crippen LogP contribution in [0.1, 0.15) is 31.1 Å². The minimum absolute atomic E-state index is 0.132. The van der Waals surface area contributed by atoms with Crippen LogP contribution in [0.3, 0.4) is 0 Å². The number of hydrogen-bond donors (Lipinski definition) is 0. The summed E-state index contributed by atoms with van der Waals surface area (Å²) < 4.78 is 0. The quantitative estimate of drug-likeness (QED) is 0.751. The second-order valence-corrected chi connectivity index (χ2v) is 6.10. The zero-order valence-electron chi connectivity index (χ0n) is 10.6. The summed E-state index contributed by atoms with van der Waals surface area (Å²) in [6.07, 6.45) is 0. The summed E-state index contributed by atoms with van der Waals surface area (Å²) in [6.45, 7) is 7.26. The van der Waals surface area contributed by atoms with Crippen molar-refractivity contribution >= 4 is 23.2 Å². The van der Waals surface area contributed by atoms with Crippen LogP contribution in [-0.2, 0) is 0 Å². The van der Waals surface area contributed by atoms with Crippen LogP contribution in [0.2, 0.25) is 0 Å². The topological polar surface area (TPSA) is 20.3 Å². The van der Waals surface area contributed by atoms with E-state index in [9.17, 15) is 4.79 Å². The minimum Gasteiger partial charge on any atom is -0.367 e. The van der Waals surface area contributed by atoms with Gasteiger partial charge in [-0.25, -0.2) is 0 Å². The second kappa shape index (κ2) is 5.13. The molecule has 0 aliphatic carbocycles. The van der Waals surface area contributed by atoms with Gasteiger partial charge in [-0.1, -0.05) is 6.92 Å². The Bertz CT molecular complexity index is 401. The van der Waals surface area contributed by atoms with E-state index in [1.54, 1.807) is 6.92 Å². The molecule has 1 aromatic carbocycles. The number of carbonyl (C=O) groups excluding carboxylic acids is 1. The first-order valence-electron chi connectivity index (χ1n) is 6.09. The lowest BCUT2D eigenvalue weighted by Crippen LogP contribution is -2.44. The zero-order valence-corrected chi connectivity index (χ0v) is 11.5. The maximum Gasteiger partial charge on any atom is 0.159 e. The van der Waals surface area contributed by atoms with E-state index in [-0.39, 0.29) is 5.78 Å². The molecule has 0 bridgehead atoms. The number of hydrogen-bond acceptors (Lipinski definition) is 3. The van der Waals surface area contributed by atoms with Gasteiger partial charge in [0.1, 0.15) is 0 Å². The molecular formula is C14H19NOS. The number of carbonyl (C=O) groups is 1. The largest absolute Gasteiger partial charge is 0.367 e. The van der Waals surface area contributed by atoms with E-state index in [1.807, 2.05) is 23.9 Å². The highest BCUT2D eigenvalue weighted by Gasteiger charge is 2.25. The average molecular weight is 249 g/mol. The molecule has 2 nitrogen and oxygen atoms in total. The Kier molecular flexibility index (Phi) is 3.77. The molecule has 1 aliphatic rings. The van der Waals surface area contributed by atoms with Crippen molar-refractivity contribution < 1.29 is 4.79 Å². The van der Waals surface area contributed by atoms with Crippen molar-refractivity contribution in [3.63, 3.8) is 0 Å². The zero-order chi connectivity index (χ0) is 12.4. The molecule has 0 N–H and O–H groups in total. The fraction of sp³-hybridized carbons (Fsp3) is 0.500. The van der Waals surface area contributed by atoms with E-state index < -0.39 is 0 Å². The van der Waals surface area contributed by atoms with Gasteiger partial charge in [0, 0.05) is 34.8 Å². The Labute approximate surface area is 107 Å². The van der Waals surface area contributed by atoms with Gasteiger partial charge in [0.2, 0.25) is 0 Å². The molecule has 1 saturated heterocycles. The van der Waals surface area contributed by atoms with Crippen LogP contribution in [0.25, 0.3) is 0 Å². The van der Waals surface area contributed by atoms with Gasteiger partial charge in [-0.2, -0.15) is 11.8 Å². The van der Waals surface area contributed by atoms with Crippen molar-refractivity contribution in [1.82, 2.24) is 0 Å². The monoisotopic (exact) mass is 249 g/mol. The predicted molar refractivity (Wildman–Crippen MR) is 75.2 cm³/mol. The van der Waals surface area contributed by atoms with E-state index in [4.69, 9.17) is 0 Å². The van der Waals surface area contributed by atoms with E-state index in [2.05, 4.69) is 30.9 Å². The first-order chi connectivity index (χ1) is 8.09. The lowest BCUT2D eigenvalue weighted by molar-refractivity contribution is 0.101. The fourth-order valence-electron chi connectivity index (χ4n) is 2.19. The Morgan fingerprint density at radius 1 is 1.29 bits per heavy atom. The molecule has 0 aromatic heterocycles. The van der Waals surface area contributed by atoms with Crippen molar-refractivity contribution in [1.29, 1.82) is 0 Å². The molecule has 0 spiro atoms. The highest BCUT2D eigenvalue weighted by atomic mass is 32.2. The maximum absolute atomic E-state index is 11.2. The minimum atomic E-state index is 0.132. The molecule has 1 fully saturated rings. The van der Waals surface area contributed by atoms with Gasteiger partial charge < -0.3 is 4.90 Å². The van der Waals surface area contributed by atoms with E-state index in [0.29, 0.717) is 11.3 Å². The molecule has 2 rings (SSSR count). The molecule has 92 valence electrons. The van der Waals surface area contributed by atoms with Gasteiger partial charge in [-0.05, 0) is 38.1 Å². The molecule has 0 amide bonds. The summed E-state index contributed by atoms with van der Waals surface area (Å²) in [4.78, 5) is 13.7. The smallest absolute Gasteiger partial charge is 0.159 e. The Morgan fingerprint density at radius 2 is 1.94 bits per heavy atom. The first-order valence-corrected chi connectivity index (χ1v) is 7.13. The molecule has 1 heterocycles. The average Bonchev–Trinajstić information content (AvgIpc) is 2.33. The Balaban J connectivity index is 2.19. The molecule has 17 heavy (non-hydrogen) atoms. The summed E-state index contributed by atoms with van der Waals surface area (Å²) in [6, 6.07) is 8.54. The number of ketones is 1. The van der Waals surface area contributed by atoms with E-state index in [1.165, 1.54) is 11.4 Å². The maximum atomic E-state index is 11.2. The number of thioether (sulfide) groups is 1. The number of nitrogens with zero attached hydrogens (tertiary/aromatic N) is 1. The van der Waals surface area contributed by atoms with Gasteiger partial charge >= 0.3 is 0 Å². The molecule has 2 atom stereocenters. The van der Waals surface area contributed by atoms with Gasteiger partial charge in [0.25, 0.3) is 0 Å². The van der Waals surface area contributed by atoms with Crippen molar-refractivity contribution in [3.05, 3.63) is 29.8 Å². The number of Topliss-reactive ketones (excluding diaryl/α,β-unsaturated/α-hetero) is 1. The van der Waals surface area contributed by atoms with Crippen LogP contribution >= 0.6 is 11.8 Å². The predicted octanol–water partition coefficient (Wildman–Crippen LogP) is 3.22. The van der Waals surface area contributed by atoms with Crippen molar-refractivity contribution in [3.8, 4) is 0 Å². The normalized spacial score (nSPS) is 24.8. The summed E-state index contributed by atoms with van der Waals surface area (Å²) in [7, 11) is 0. The molecule has 0 saturated carbocycles. The number of benzene rings is 1. The third kappa shape index (κ3) is 2.65. The Morgan fingerprint density at radius 3 is 2.53 bits per heavy atom. The van der Waals surface area contributed by atoms with Crippen LogP contribution < -0.4 is 4.90 Å². The molecule has 1 aliphatic heterocycles. The van der Waals surface area contributed by atoms with E-state index in [0.717, 1.165) is 12.1 Å². The van der Waals surface area contributed by atoms with Crippen molar-refractivity contribution in [2.24, 2.45) is 0 Å². The highest BCUT2D eigenvalue weighted by molar-refractivity contribution is 8.00. The van der Waals surface area contributed by atoms with Crippen molar-refractivity contribution in [2.45, 2.75) is 32.1 Å². The summed E-state index contributed by atoms with van der Waals surface area (Å²) in [5, 5.41) is 0.663. The van der Waals surface area contributed by atoms with Gasteiger partial charge in [-0.3, -0.25) is 4.79 Å². The van der Waals surface area contributed by atoms with E-state index >= 15 is 0 Å². The van der Waals surface area contributed by atoms with Gasteiger partial charge in [0.05, 0.1) is 0 Å². The van der Waals surface area contributed by atoms with Crippen LogP contribution in [0, 0.1) is 0 Å². The van der Waals surface area contributed by atoms with Crippen LogP contribution in [0.5, 0.6) is 0 Å². The third-order valence-corrected chi connectivity index (χ3v) is 4.83. The Hall–Kier alpha value is -0.960. The summed E-state index contributed by atoms with van der Waals surface area (Å²) in [5.41, 5.74) is 2.02. The van der Waals surface area contributed by atoms with Gasteiger partial charge in [0.15, 0.2) is 5.78 Å². The first kappa shape index (κ1) is 12.5. The number of rotatable bonds is 2. The molecule has 1 aromatic rings. The lowest BCUT2D eigenvalue weighted by atomic mass is 10.1. The third-order valence-electron chi connectivity index (χ3n) is 3.49. The molecule has 0 radical (unpaired) electrons. The summed E-state index contributed by atoms with van der Waals surface area (Å²) in [5.74, 6) is 1.31. The number of anilines is 1. The molecule has 2 unspecified atom stereocenters. The second-order valence-electron chi connectivity index (χ2n) is 4.61. The lowest BCUT2D eigenvalue weighted by Gasteiger charge is -2.39. The van der Waals surface area contributed by atoms with Crippen LogP contribution in [0.15, 0.2) is 24.3 Å². The molecular weight excluding hydrogens is 230 g/mol. The van der Waals surface area contributed by atoms with Crippen LogP contribution in [-0.4, -0.2) is 29.4 Å². The van der Waals surface area contributed by atoms with Crippen LogP contribution in [0.4, 0.5) is 5.69 Å². The standard InChI is InChI=1S/C14H19NOS/c1-10-12(3)17-9-8-15(10)14-6-4-13(5-7-14)11(2)16/h4-7,10,12H,8-9H2,1-3H3. The fourth-order valence-corrected chi connectivity index (χ4v) is 3.28. The van der Waals surface area contributed by atoms with Crippen molar-refractivity contribution in [2.75, 3.05) is 17.2 Å². The van der Waals surface area contributed by atoms with Gasteiger partial charge in [-0.15, -0.1) is 0 Å². The molecule has 3 heteroatoms. The SMILES string of the molecule is CC(=O)c1ccc(N2CCSC(C)C2C)cc1.